The van der Waals surface area contributed by atoms with E-state index in [-0.39, 0.29) is 12.3 Å². The van der Waals surface area contributed by atoms with E-state index in [4.69, 9.17) is 0 Å². The van der Waals surface area contributed by atoms with Crippen molar-refractivity contribution in [2.45, 2.75) is 78.1 Å². The molecule has 1 fully saturated rings. The molecule has 3 unspecified atom stereocenters. The fraction of sp³-hybridized carbons (Fsp3) is 1.00. The molecule has 0 amide bonds. The number of unbranched alkanes of at least 4 members (excludes halogenated alkanes) is 3. The topological polar surface area (TPSA) is 0 Å². The second-order valence-electron chi connectivity index (χ2n) is 6.03. The molecular weight excluding hydrogens is 218 g/mol. The first kappa shape index (κ1) is 14.9. The van der Waals surface area contributed by atoms with Gasteiger partial charge in [-0.1, -0.05) is 52.9 Å². The standard InChI is InChI=1S/C15H28F2/c1-4-5-6-7-8-12(2)14-10-9-13(3)15(16,17)11-14/h12-14H,4-11H2,1-3H3. The number of alkyl halides is 2. The van der Waals surface area contributed by atoms with Gasteiger partial charge in [-0.05, 0) is 24.7 Å². The second kappa shape index (κ2) is 6.70. The van der Waals surface area contributed by atoms with E-state index in [2.05, 4.69) is 13.8 Å². The minimum absolute atomic E-state index is 0.128. The lowest BCUT2D eigenvalue weighted by Gasteiger charge is -2.37. The van der Waals surface area contributed by atoms with Gasteiger partial charge < -0.3 is 0 Å². The third kappa shape index (κ3) is 4.56. The molecule has 0 aromatic rings. The van der Waals surface area contributed by atoms with Crippen LogP contribution in [0.5, 0.6) is 0 Å². The van der Waals surface area contributed by atoms with Crippen molar-refractivity contribution in [3.63, 3.8) is 0 Å². The van der Waals surface area contributed by atoms with Crippen molar-refractivity contribution in [3.8, 4) is 0 Å². The molecule has 0 N–H and O–H groups in total. The van der Waals surface area contributed by atoms with Crippen LogP contribution in [0, 0.1) is 17.8 Å². The molecular formula is C15H28F2. The maximum atomic E-state index is 13.7. The molecule has 0 aromatic carbocycles. The first-order chi connectivity index (χ1) is 7.97. The van der Waals surface area contributed by atoms with Gasteiger partial charge in [-0.2, -0.15) is 0 Å². The Balaban J connectivity index is 2.30. The van der Waals surface area contributed by atoms with E-state index in [1.165, 1.54) is 25.7 Å². The highest BCUT2D eigenvalue weighted by Crippen LogP contribution is 2.44. The Morgan fingerprint density at radius 2 is 1.88 bits per heavy atom. The smallest absolute Gasteiger partial charge is 0.207 e. The Hall–Kier alpha value is -0.140. The Bertz CT molecular complexity index is 213. The van der Waals surface area contributed by atoms with Crippen molar-refractivity contribution in [1.82, 2.24) is 0 Å². The summed E-state index contributed by atoms with van der Waals surface area (Å²) in [6.45, 7) is 6.07. The number of rotatable bonds is 6. The number of hydrogen-bond acceptors (Lipinski definition) is 0. The van der Waals surface area contributed by atoms with Crippen LogP contribution in [-0.2, 0) is 0 Å². The summed E-state index contributed by atoms with van der Waals surface area (Å²) in [6, 6.07) is 0. The molecule has 0 nitrogen and oxygen atoms in total. The molecule has 1 aliphatic rings. The second-order valence-corrected chi connectivity index (χ2v) is 6.03. The van der Waals surface area contributed by atoms with E-state index < -0.39 is 11.8 Å². The van der Waals surface area contributed by atoms with Crippen molar-refractivity contribution >= 4 is 0 Å². The van der Waals surface area contributed by atoms with Gasteiger partial charge in [0, 0.05) is 12.3 Å². The van der Waals surface area contributed by atoms with Gasteiger partial charge in [-0.15, -0.1) is 0 Å². The third-order valence-corrected chi connectivity index (χ3v) is 4.54. The summed E-state index contributed by atoms with van der Waals surface area (Å²) in [7, 11) is 0. The minimum atomic E-state index is -2.42. The summed E-state index contributed by atoms with van der Waals surface area (Å²) >= 11 is 0. The van der Waals surface area contributed by atoms with Crippen LogP contribution in [0.4, 0.5) is 8.78 Å². The monoisotopic (exact) mass is 246 g/mol. The molecule has 0 spiro atoms. The predicted molar refractivity (Wildman–Crippen MR) is 69.4 cm³/mol. The van der Waals surface area contributed by atoms with E-state index in [0.717, 1.165) is 12.8 Å². The van der Waals surface area contributed by atoms with E-state index in [1.807, 2.05) is 0 Å². The van der Waals surface area contributed by atoms with Gasteiger partial charge in [-0.3, -0.25) is 0 Å². The largest absolute Gasteiger partial charge is 0.250 e. The molecule has 17 heavy (non-hydrogen) atoms. The van der Waals surface area contributed by atoms with Crippen molar-refractivity contribution in [2.24, 2.45) is 17.8 Å². The fourth-order valence-electron chi connectivity index (χ4n) is 2.94. The number of halogens is 2. The van der Waals surface area contributed by atoms with Crippen molar-refractivity contribution in [2.75, 3.05) is 0 Å². The van der Waals surface area contributed by atoms with Gasteiger partial charge >= 0.3 is 0 Å². The zero-order chi connectivity index (χ0) is 12.9. The van der Waals surface area contributed by atoms with Crippen LogP contribution < -0.4 is 0 Å². The molecule has 102 valence electrons. The van der Waals surface area contributed by atoms with E-state index in [1.54, 1.807) is 6.92 Å². The lowest BCUT2D eigenvalue weighted by atomic mass is 9.73. The summed E-state index contributed by atoms with van der Waals surface area (Å²) < 4.78 is 27.3. The molecule has 3 atom stereocenters. The summed E-state index contributed by atoms with van der Waals surface area (Å²) in [5.74, 6) is -2.10. The van der Waals surface area contributed by atoms with E-state index in [0.29, 0.717) is 12.3 Å². The quantitative estimate of drug-likeness (QED) is 0.530. The van der Waals surface area contributed by atoms with Crippen molar-refractivity contribution < 1.29 is 8.78 Å². The molecule has 0 bridgehead atoms. The molecule has 2 heteroatoms. The maximum absolute atomic E-state index is 13.7. The Morgan fingerprint density at radius 3 is 2.47 bits per heavy atom. The first-order valence-corrected chi connectivity index (χ1v) is 7.35. The molecule has 1 aliphatic carbocycles. The van der Waals surface area contributed by atoms with Crippen LogP contribution in [0.2, 0.25) is 0 Å². The highest BCUT2D eigenvalue weighted by molar-refractivity contribution is 4.85. The Labute approximate surface area is 105 Å². The van der Waals surface area contributed by atoms with Crippen LogP contribution >= 0.6 is 0 Å². The van der Waals surface area contributed by atoms with Gasteiger partial charge in [0.2, 0.25) is 0 Å². The molecule has 0 heterocycles. The maximum Gasteiger partial charge on any atom is 0.250 e. The molecule has 0 aromatic heterocycles. The van der Waals surface area contributed by atoms with E-state index in [9.17, 15) is 8.78 Å². The molecule has 1 rings (SSSR count). The van der Waals surface area contributed by atoms with Gasteiger partial charge in [0.15, 0.2) is 0 Å². The van der Waals surface area contributed by atoms with Crippen LogP contribution in [0.1, 0.15) is 72.1 Å². The lowest BCUT2D eigenvalue weighted by molar-refractivity contribution is -0.103. The SMILES string of the molecule is CCCCCCC(C)C1CCC(C)C(F)(F)C1. The molecule has 0 aliphatic heterocycles. The molecule has 0 saturated heterocycles. The normalized spacial score (nSPS) is 30.2. The molecule has 1 saturated carbocycles. The third-order valence-electron chi connectivity index (χ3n) is 4.54. The lowest BCUT2D eigenvalue weighted by Crippen LogP contribution is -2.36. The van der Waals surface area contributed by atoms with Gasteiger partial charge in [0.05, 0.1) is 0 Å². The first-order valence-electron chi connectivity index (χ1n) is 7.35. The molecule has 0 radical (unpaired) electrons. The Kier molecular flexibility index (Phi) is 5.88. The highest BCUT2D eigenvalue weighted by atomic mass is 19.3. The average Bonchev–Trinajstić information content (AvgIpc) is 2.28. The number of hydrogen-bond donors (Lipinski definition) is 0. The van der Waals surface area contributed by atoms with Crippen LogP contribution in [-0.4, -0.2) is 5.92 Å². The minimum Gasteiger partial charge on any atom is -0.207 e. The van der Waals surface area contributed by atoms with Crippen molar-refractivity contribution in [1.29, 1.82) is 0 Å². The predicted octanol–water partition coefficient (Wildman–Crippen LogP) is 5.66. The highest BCUT2D eigenvalue weighted by Gasteiger charge is 2.43. The van der Waals surface area contributed by atoms with E-state index >= 15 is 0 Å². The Morgan fingerprint density at radius 1 is 1.18 bits per heavy atom. The average molecular weight is 246 g/mol. The van der Waals surface area contributed by atoms with Crippen molar-refractivity contribution in [3.05, 3.63) is 0 Å². The summed E-state index contributed by atoms with van der Waals surface area (Å²) in [4.78, 5) is 0. The summed E-state index contributed by atoms with van der Waals surface area (Å²) in [5, 5.41) is 0. The zero-order valence-electron chi connectivity index (χ0n) is 11.6. The summed E-state index contributed by atoms with van der Waals surface area (Å²) in [5.41, 5.74) is 0. The summed E-state index contributed by atoms with van der Waals surface area (Å²) in [6.07, 6.45) is 7.98. The van der Waals surface area contributed by atoms with Crippen LogP contribution in [0.25, 0.3) is 0 Å². The zero-order valence-corrected chi connectivity index (χ0v) is 11.6. The van der Waals surface area contributed by atoms with Crippen LogP contribution in [0.15, 0.2) is 0 Å². The van der Waals surface area contributed by atoms with Gasteiger partial charge in [-0.25, -0.2) is 8.78 Å². The van der Waals surface area contributed by atoms with Gasteiger partial charge in [0.25, 0.3) is 5.92 Å². The van der Waals surface area contributed by atoms with Gasteiger partial charge in [0.1, 0.15) is 0 Å². The van der Waals surface area contributed by atoms with Crippen LogP contribution in [0.3, 0.4) is 0 Å². The fourth-order valence-corrected chi connectivity index (χ4v) is 2.94.